The Bertz CT molecular complexity index is 389. The zero-order valence-corrected chi connectivity index (χ0v) is 12.2. The SMILES string of the molecule is CNC1CCCN(C(c2cccs2)C(C)C)C1=O. The summed E-state index contributed by atoms with van der Waals surface area (Å²) in [7, 11) is 1.88. The van der Waals surface area contributed by atoms with Crippen LogP contribution in [0.15, 0.2) is 17.5 Å². The molecule has 0 spiro atoms. The number of likely N-dealkylation sites (N-methyl/N-ethyl adjacent to an activating group) is 1. The number of hydrogen-bond donors (Lipinski definition) is 1. The highest BCUT2D eigenvalue weighted by Gasteiger charge is 2.34. The first-order valence-electron chi connectivity index (χ1n) is 6.66. The molecule has 2 heterocycles. The van der Waals surface area contributed by atoms with Gasteiger partial charge in [0.2, 0.25) is 5.91 Å². The van der Waals surface area contributed by atoms with E-state index in [-0.39, 0.29) is 18.0 Å². The van der Waals surface area contributed by atoms with Crippen molar-refractivity contribution in [2.45, 2.75) is 38.8 Å². The highest BCUT2D eigenvalue weighted by atomic mass is 32.1. The molecule has 0 aromatic carbocycles. The number of nitrogens with zero attached hydrogens (tertiary/aromatic N) is 1. The van der Waals surface area contributed by atoms with Crippen LogP contribution in [0.4, 0.5) is 0 Å². The topological polar surface area (TPSA) is 32.3 Å². The van der Waals surface area contributed by atoms with Gasteiger partial charge in [-0.3, -0.25) is 4.79 Å². The first-order valence-corrected chi connectivity index (χ1v) is 7.54. The van der Waals surface area contributed by atoms with Gasteiger partial charge in [-0.25, -0.2) is 0 Å². The van der Waals surface area contributed by atoms with Gasteiger partial charge in [-0.2, -0.15) is 0 Å². The van der Waals surface area contributed by atoms with Crippen molar-refractivity contribution in [1.29, 1.82) is 0 Å². The number of carbonyl (C=O) groups excluding carboxylic acids is 1. The van der Waals surface area contributed by atoms with E-state index in [0.29, 0.717) is 5.92 Å². The van der Waals surface area contributed by atoms with Gasteiger partial charge >= 0.3 is 0 Å². The third-order valence-corrected chi connectivity index (χ3v) is 4.57. The Hall–Kier alpha value is -0.870. The van der Waals surface area contributed by atoms with E-state index in [4.69, 9.17) is 0 Å². The average molecular weight is 266 g/mol. The molecule has 0 aliphatic carbocycles. The van der Waals surface area contributed by atoms with Gasteiger partial charge in [0.25, 0.3) is 0 Å². The number of carbonyl (C=O) groups is 1. The molecule has 1 saturated heterocycles. The summed E-state index contributed by atoms with van der Waals surface area (Å²) >= 11 is 1.75. The summed E-state index contributed by atoms with van der Waals surface area (Å²) < 4.78 is 0. The molecule has 1 fully saturated rings. The molecule has 1 aromatic rings. The molecule has 100 valence electrons. The second kappa shape index (κ2) is 5.85. The molecule has 1 aliphatic heterocycles. The van der Waals surface area contributed by atoms with E-state index in [9.17, 15) is 4.79 Å². The first-order chi connectivity index (χ1) is 8.65. The number of hydrogen-bond acceptors (Lipinski definition) is 3. The lowest BCUT2D eigenvalue weighted by Crippen LogP contribution is -2.51. The molecule has 18 heavy (non-hydrogen) atoms. The molecule has 1 N–H and O–H groups in total. The second-order valence-electron chi connectivity index (χ2n) is 5.22. The summed E-state index contributed by atoms with van der Waals surface area (Å²) in [5.41, 5.74) is 0. The maximum absolute atomic E-state index is 12.5. The summed E-state index contributed by atoms with van der Waals surface area (Å²) in [6.45, 7) is 5.28. The van der Waals surface area contributed by atoms with Gasteiger partial charge in [-0.1, -0.05) is 19.9 Å². The van der Waals surface area contributed by atoms with E-state index in [0.717, 1.165) is 19.4 Å². The van der Waals surface area contributed by atoms with Crippen LogP contribution in [0.1, 0.15) is 37.6 Å². The van der Waals surface area contributed by atoms with Gasteiger partial charge in [0.15, 0.2) is 0 Å². The van der Waals surface area contributed by atoms with E-state index >= 15 is 0 Å². The van der Waals surface area contributed by atoms with E-state index in [1.807, 2.05) is 7.05 Å². The number of likely N-dealkylation sites (tertiary alicyclic amines) is 1. The molecule has 2 rings (SSSR count). The summed E-state index contributed by atoms with van der Waals surface area (Å²) in [4.78, 5) is 15.8. The molecular weight excluding hydrogens is 244 g/mol. The van der Waals surface area contributed by atoms with Crippen molar-refractivity contribution >= 4 is 17.2 Å². The zero-order chi connectivity index (χ0) is 13.1. The number of thiophene rings is 1. The maximum Gasteiger partial charge on any atom is 0.240 e. The van der Waals surface area contributed by atoms with Crippen molar-refractivity contribution in [1.82, 2.24) is 10.2 Å². The second-order valence-corrected chi connectivity index (χ2v) is 6.20. The fraction of sp³-hybridized carbons (Fsp3) is 0.643. The van der Waals surface area contributed by atoms with Crippen LogP contribution in [-0.2, 0) is 4.79 Å². The standard InChI is InChI=1S/C14H22N2OS/c1-10(2)13(12-7-5-9-18-12)16-8-4-6-11(15-3)14(16)17/h5,7,9-11,13,15H,4,6,8H2,1-3H3. The van der Waals surface area contributed by atoms with Crippen LogP contribution in [0.5, 0.6) is 0 Å². The van der Waals surface area contributed by atoms with E-state index in [2.05, 4.69) is 41.6 Å². The van der Waals surface area contributed by atoms with Gasteiger partial charge in [-0.15, -0.1) is 11.3 Å². The minimum atomic E-state index is -0.0000350. The smallest absolute Gasteiger partial charge is 0.240 e. The van der Waals surface area contributed by atoms with Crippen molar-refractivity contribution in [3.63, 3.8) is 0 Å². The minimum absolute atomic E-state index is 0.0000350. The Morgan fingerprint density at radius 2 is 2.28 bits per heavy atom. The lowest BCUT2D eigenvalue weighted by molar-refractivity contribution is -0.139. The van der Waals surface area contributed by atoms with Crippen LogP contribution >= 0.6 is 11.3 Å². The van der Waals surface area contributed by atoms with Crippen molar-refractivity contribution in [2.75, 3.05) is 13.6 Å². The summed E-state index contributed by atoms with van der Waals surface area (Å²) in [5, 5.41) is 5.23. The first kappa shape index (κ1) is 13.6. The highest BCUT2D eigenvalue weighted by Crippen LogP contribution is 2.34. The average Bonchev–Trinajstić information content (AvgIpc) is 2.85. The maximum atomic E-state index is 12.5. The molecule has 0 bridgehead atoms. The van der Waals surface area contributed by atoms with Gasteiger partial charge in [0.1, 0.15) is 0 Å². The molecule has 2 atom stereocenters. The Kier molecular flexibility index (Phi) is 4.40. The van der Waals surface area contributed by atoms with Crippen LogP contribution in [0.3, 0.4) is 0 Å². The Balaban J connectivity index is 2.23. The molecule has 2 unspecified atom stereocenters. The largest absolute Gasteiger partial charge is 0.333 e. The molecule has 1 aliphatic rings. The monoisotopic (exact) mass is 266 g/mol. The van der Waals surface area contributed by atoms with Crippen LogP contribution in [-0.4, -0.2) is 30.4 Å². The molecule has 0 radical (unpaired) electrons. The molecule has 3 nitrogen and oxygen atoms in total. The Morgan fingerprint density at radius 1 is 1.50 bits per heavy atom. The normalized spacial score (nSPS) is 22.6. The van der Waals surface area contributed by atoms with Gasteiger partial charge in [0, 0.05) is 11.4 Å². The van der Waals surface area contributed by atoms with E-state index in [1.54, 1.807) is 11.3 Å². The molecule has 0 saturated carbocycles. The highest BCUT2D eigenvalue weighted by molar-refractivity contribution is 7.10. The third kappa shape index (κ3) is 2.59. The van der Waals surface area contributed by atoms with Crippen molar-refractivity contribution in [3.05, 3.63) is 22.4 Å². The molecule has 1 aromatic heterocycles. The van der Waals surface area contributed by atoms with Crippen molar-refractivity contribution in [3.8, 4) is 0 Å². The minimum Gasteiger partial charge on any atom is -0.333 e. The van der Waals surface area contributed by atoms with Crippen molar-refractivity contribution in [2.24, 2.45) is 5.92 Å². The van der Waals surface area contributed by atoms with Gasteiger partial charge in [0.05, 0.1) is 12.1 Å². The van der Waals surface area contributed by atoms with Crippen LogP contribution < -0.4 is 5.32 Å². The summed E-state index contributed by atoms with van der Waals surface area (Å²) in [6, 6.07) is 4.44. The predicted molar refractivity (Wildman–Crippen MR) is 75.7 cm³/mol. The van der Waals surface area contributed by atoms with Gasteiger partial charge < -0.3 is 10.2 Å². The summed E-state index contributed by atoms with van der Waals surface area (Å²) in [6.07, 6.45) is 2.05. The fourth-order valence-corrected chi connectivity index (χ4v) is 3.76. The van der Waals surface area contributed by atoms with Crippen LogP contribution in [0.2, 0.25) is 0 Å². The van der Waals surface area contributed by atoms with Crippen LogP contribution in [0, 0.1) is 5.92 Å². The number of rotatable bonds is 4. The lowest BCUT2D eigenvalue weighted by Gasteiger charge is -2.39. The van der Waals surface area contributed by atoms with E-state index < -0.39 is 0 Å². The van der Waals surface area contributed by atoms with Crippen LogP contribution in [0.25, 0.3) is 0 Å². The lowest BCUT2D eigenvalue weighted by atomic mass is 9.96. The van der Waals surface area contributed by atoms with Gasteiger partial charge in [-0.05, 0) is 37.3 Å². The van der Waals surface area contributed by atoms with E-state index in [1.165, 1.54) is 4.88 Å². The Labute approximate surface area is 113 Å². The quantitative estimate of drug-likeness (QED) is 0.908. The molecule has 4 heteroatoms. The molecule has 1 amide bonds. The summed E-state index contributed by atoms with van der Waals surface area (Å²) in [5.74, 6) is 0.707. The zero-order valence-electron chi connectivity index (χ0n) is 11.3. The molecular formula is C14H22N2OS. The van der Waals surface area contributed by atoms with Crippen molar-refractivity contribution < 1.29 is 4.79 Å². The fourth-order valence-electron chi connectivity index (χ4n) is 2.75. The predicted octanol–water partition coefficient (Wildman–Crippen LogP) is 2.66. The third-order valence-electron chi connectivity index (χ3n) is 3.62. The number of amides is 1. The number of nitrogens with one attached hydrogen (secondary N) is 1. The number of piperidine rings is 1. The Morgan fingerprint density at radius 3 is 2.83 bits per heavy atom.